The molecule has 4 aromatic carbocycles. The molecular weight excluding hydrogens is 540 g/mol. The Kier molecular flexibility index (Phi) is 7.38. The molecule has 212 valence electrons. The van der Waals surface area contributed by atoms with Crippen molar-refractivity contribution < 1.29 is 23.9 Å². The lowest BCUT2D eigenvalue weighted by molar-refractivity contribution is 0.0268. The summed E-state index contributed by atoms with van der Waals surface area (Å²) in [5.41, 5.74) is 4.69. The number of benzene rings is 4. The molecule has 5 aromatic rings. The van der Waals surface area contributed by atoms with Gasteiger partial charge in [-0.15, -0.1) is 0 Å². The largest absolute Gasteiger partial charge is 0.450 e. The number of hydrogen-bond donors (Lipinski definition) is 0. The molecule has 0 fully saturated rings. The van der Waals surface area contributed by atoms with Crippen molar-refractivity contribution in [1.82, 2.24) is 4.98 Å². The topological polar surface area (TPSA) is 93.6 Å². The first-order valence-electron chi connectivity index (χ1n) is 14.2. The number of esters is 1. The van der Waals surface area contributed by atoms with Gasteiger partial charge in [0.05, 0.1) is 33.6 Å². The van der Waals surface area contributed by atoms with Crippen molar-refractivity contribution in [2.75, 3.05) is 4.90 Å². The number of Topliss-reactive ketones (excluding diaryl/α,β-unsaturated/α-hetero) is 1. The SMILES string of the molecule is CCCC(OC(=O)c1cc(-c2ccc(N3C(=O)c4ccccc4C3=O)cc2)nc2c(C)cccc12)C(=O)c1ccccc1. The van der Waals surface area contributed by atoms with E-state index in [0.29, 0.717) is 62.9 Å². The first-order valence-corrected chi connectivity index (χ1v) is 14.2. The zero-order valence-electron chi connectivity index (χ0n) is 23.7. The smallest absolute Gasteiger partial charge is 0.339 e. The van der Waals surface area contributed by atoms with Crippen molar-refractivity contribution in [3.63, 3.8) is 0 Å². The standard InChI is InChI=1S/C36H28N2O5/c1-3-10-31(33(39)24-12-5-4-6-13-24)43-36(42)29-21-30(37-32-22(2)11-9-16-26(29)32)23-17-19-25(20-18-23)38-34(40)27-14-7-8-15-28(27)35(38)41/h4-9,11-21,31H,3,10H2,1-2H3. The van der Waals surface area contributed by atoms with Crippen LogP contribution in [0.15, 0.2) is 103 Å². The van der Waals surface area contributed by atoms with Crippen LogP contribution in [0.2, 0.25) is 0 Å². The van der Waals surface area contributed by atoms with Gasteiger partial charge in [-0.1, -0.05) is 86.1 Å². The molecule has 0 spiro atoms. The molecule has 0 saturated carbocycles. The number of amides is 2. The highest BCUT2D eigenvalue weighted by Gasteiger charge is 2.36. The Morgan fingerprint density at radius 1 is 0.814 bits per heavy atom. The first-order chi connectivity index (χ1) is 20.9. The molecule has 0 bridgehead atoms. The number of aryl methyl sites for hydroxylation is 1. The van der Waals surface area contributed by atoms with E-state index in [-0.39, 0.29) is 17.6 Å². The molecule has 1 atom stereocenters. The fourth-order valence-electron chi connectivity index (χ4n) is 5.40. The lowest BCUT2D eigenvalue weighted by Crippen LogP contribution is -2.29. The van der Waals surface area contributed by atoms with Gasteiger partial charge in [-0.25, -0.2) is 14.7 Å². The van der Waals surface area contributed by atoms with E-state index >= 15 is 0 Å². The molecule has 0 saturated heterocycles. The molecule has 43 heavy (non-hydrogen) atoms. The number of nitrogens with zero attached hydrogens (tertiary/aromatic N) is 2. The predicted octanol–water partition coefficient (Wildman–Crippen LogP) is 7.22. The summed E-state index contributed by atoms with van der Waals surface area (Å²) in [5, 5.41) is 0.624. The number of carbonyl (C=O) groups excluding carboxylic acids is 4. The van der Waals surface area contributed by atoms with Crippen molar-refractivity contribution in [1.29, 1.82) is 0 Å². The third kappa shape index (κ3) is 5.10. The second-order valence-corrected chi connectivity index (χ2v) is 10.5. The van der Waals surface area contributed by atoms with Crippen LogP contribution >= 0.6 is 0 Å². The minimum absolute atomic E-state index is 0.241. The third-order valence-electron chi connectivity index (χ3n) is 7.63. The van der Waals surface area contributed by atoms with Gasteiger partial charge in [0.1, 0.15) is 0 Å². The minimum Gasteiger partial charge on any atom is -0.450 e. The Hall–Kier alpha value is -5.43. The zero-order chi connectivity index (χ0) is 30.1. The van der Waals surface area contributed by atoms with Crippen LogP contribution in [-0.2, 0) is 4.74 Å². The average Bonchev–Trinajstić information content (AvgIpc) is 3.30. The molecule has 0 radical (unpaired) electrons. The monoisotopic (exact) mass is 568 g/mol. The molecule has 7 heteroatoms. The van der Waals surface area contributed by atoms with Gasteiger partial charge in [0.25, 0.3) is 11.8 Å². The summed E-state index contributed by atoms with van der Waals surface area (Å²) >= 11 is 0. The van der Waals surface area contributed by atoms with E-state index in [2.05, 4.69) is 0 Å². The first kappa shape index (κ1) is 27.7. The molecule has 0 N–H and O–H groups in total. The van der Waals surface area contributed by atoms with Crippen LogP contribution in [0, 0.1) is 6.92 Å². The van der Waals surface area contributed by atoms with E-state index in [1.165, 1.54) is 0 Å². The number of ether oxygens (including phenoxy) is 1. The van der Waals surface area contributed by atoms with Crippen LogP contribution in [0.4, 0.5) is 5.69 Å². The van der Waals surface area contributed by atoms with E-state index in [9.17, 15) is 19.2 Å². The number of imide groups is 1. The summed E-state index contributed by atoms with van der Waals surface area (Å²) in [6, 6.07) is 29.7. The lowest BCUT2D eigenvalue weighted by atomic mass is 10.0. The molecule has 1 unspecified atom stereocenters. The summed E-state index contributed by atoms with van der Waals surface area (Å²) in [6.45, 7) is 3.85. The molecular formula is C36H28N2O5. The van der Waals surface area contributed by atoms with E-state index < -0.39 is 12.1 Å². The maximum absolute atomic E-state index is 13.7. The number of rotatable bonds is 8. The molecule has 7 nitrogen and oxygen atoms in total. The van der Waals surface area contributed by atoms with E-state index in [1.54, 1.807) is 78.9 Å². The number of ketones is 1. The summed E-state index contributed by atoms with van der Waals surface area (Å²) in [5.74, 6) is -1.59. The van der Waals surface area contributed by atoms with E-state index in [1.807, 2.05) is 38.1 Å². The third-order valence-corrected chi connectivity index (χ3v) is 7.63. The van der Waals surface area contributed by atoms with Crippen molar-refractivity contribution in [2.45, 2.75) is 32.8 Å². The second-order valence-electron chi connectivity index (χ2n) is 10.5. The molecule has 0 aliphatic carbocycles. The minimum atomic E-state index is -0.921. The van der Waals surface area contributed by atoms with Gasteiger partial charge in [0.15, 0.2) is 6.10 Å². The Morgan fingerprint density at radius 3 is 2.12 bits per heavy atom. The number of aromatic nitrogens is 1. The van der Waals surface area contributed by atoms with Gasteiger partial charge in [-0.05, 0) is 49.2 Å². The van der Waals surface area contributed by atoms with Gasteiger partial charge in [0.2, 0.25) is 5.78 Å². The maximum Gasteiger partial charge on any atom is 0.339 e. The van der Waals surface area contributed by atoms with Crippen LogP contribution in [0.5, 0.6) is 0 Å². The summed E-state index contributed by atoms with van der Waals surface area (Å²) < 4.78 is 5.88. The number of fused-ring (bicyclic) bond motifs is 2. The summed E-state index contributed by atoms with van der Waals surface area (Å²) in [7, 11) is 0. The normalized spacial score (nSPS) is 13.2. The zero-order valence-corrected chi connectivity index (χ0v) is 23.7. The highest BCUT2D eigenvalue weighted by molar-refractivity contribution is 6.34. The molecule has 6 rings (SSSR count). The van der Waals surface area contributed by atoms with Crippen molar-refractivity contribution in [2.24, 2.45) is 0 Å². The maximum atomic E-state index is 13.7. The number of hydrogen-bond acceptors (Lipinski definition) is 6. The van der Waals surface area contributed by atoms with Crippen molar-refractivity contribution >= 4 is 40.2 Å². The Bertz CT molecular complexity index is 1860. The lowest BCUT2D eigenvalue weighted by Gasteiger charge is -2.18. The van der Waals surface area contributed by atoms with Crippen LogP contribution in [0.1, 0.15) is 66.8 Å². The molecule has 1 aliphatic rings. The van der Waals surface area contributed by atoms with Crippen LogP contribution in [0.25, 0.3) is 22.2 Å². The van der Waals surface area contributed by atoms with Crippen LogP contribution < -0.4 is 4.90 Å². The second kappa shape index (κ2) is 11.4. The van der Waals surface area contributed by atoms with Gasteiger partial charge >= 0.3 is 5.97 Å². The van der Waals surface area contributed by atoms with Gasteiger partial charge < -0.3 is 4.74 Å². The fraction of sp³-hybridized carbons (Fsp3) is 0.139. The molecule has 1 aliphatic heterocycles. The van der Waals surface area contributed by atoms with Crippen LogP contribution in [0.3, 0.4) is 0 Å². The van der Waals surface area contributed by atoms with E-state index in [4.69, 9.17) is 9.72 Å². The predicted molar refractivity (Wildman–Crippen MR) is 164 cm³/mol. The average molecular weight is 569 g/mol. The Balaban J connectivity index is 1.34. The number of anilines is 1. The Labute approximate surface area is 248 Å². The highest BCUT2D eigenvalue weighted by atomic mass is 16.5. The Morgan fingerprint density at radius 2 is 1.47 bits per heavy atom. The number of pyridine rings is 1. The molecule has 2 heterocycles. The summed E-state index contributed by atoms with van der Waals surface area (Å²) in [4.78, 5) is 58.9. The number of para-hydroxylation sites is 1. The van der Waals surface area contributed by atoms with Crippen molar-refractivity contribution in [3.05, 3.63) is 131 Å². The highest BCUT2D eigenvalue weighted by Crippen LogP contribution is 2.32. The molecule has 1 aromatic heterocycles. The van der Waals surface area contributed by atoms with Gasteiger partial charge in [-0.2, -0.15) is 0 Å². The van der Waals surface area contributed by atoms with Crippen LogP contribution in [-0.4, -0.2) is 34.7 Å². The summed E-state index contributed by atoms with van der Waals surface area (Å²) in [6.07, 6.45) is 0.140. The van der Waals surface area contributed by atoms with E-state index in [0.717, 1.165) is 10.5 Å². The van der Waals surface area contributed by atoms with Crippen molar-refractivity contribution in [3.8, 4) is 11.3 Å². The molecule has 2 amide bonds. The fourth-order valence-corrected chi connectivity index (χ4v) is 5.40. The van der Waals surface area contributed by atoms with Gasteiger partial charge in [0, 0.05) is 16.5 Å². The van der Waals surface area contributed by atoms with Gasteiger partial charge in [-0.3, -0.25) is 14.4 Å². The number of carbonyl (C=O) groups is 4. The quantitative estimate of drug-likeness (QED) is 0.111.